The second-order valence-corrected chi connectivity index (χ2v) is 8.28. The lowest BCUT2D eigenvalue weighted by atomic mass is 9.94. The maximum absolute atomic E-state index is 13.2. The van der Waals surface area contributed by atoms with Gasteiger partial charge in [-0.1, -0.05) is 66.7 Å². The van der Waals surface area contributed by atoms with E-state index in [0.717, 1.165) is 27.9 Å². The third-order valence-electron chi connectivity index (χ3n) is 5.39. The molecular weight excluding hydrogens is 418 g/mol. The summed E-state index contributed by atoms with van der Waals surface area (Å²) in [6, 6.07) is 24.6. The summed E-state index contributed by atoms with van der Waals surface area (Å²) in [6.45, 7) is 0. The number of benzene rings is 2. The number of nitrogens with one attached hydrogen (secondary N) is 1. The monoisotopic (exact) mass is 439 g/mol. The normalized spacial score (nSPS) is 13.0. The van der Waals surface area contributed by atoms with Crippen molar-refractivity contribution in [3.05, 3.63) is 113 Å². The van der Waals surface area contributed by atoms with Crippen molar-refractivity contribution in [3.63, 3.8) is 0 Å². The number of thiazole rings is 1. The van der Waals surface area contributed by atoms with E-state index < -0.39 is 12.1 Å². The van der Waals surface area contributed by atoms with Crippen molar-refractivity contribution in [2.45, 2.75) is 12.1 Å². The number of amides is 1. The van der Waals surface area contributed by atoms with Gasteiger partial charge in [-0.3, -0.25) is 4.79 Å². The number of nitrogens with zero attached hydrogens (tertiary/aromatic N) is 3. The Morgan fingerprint density at radius 1 is 0.938 bits per heavy atom. The highest BCUT2D eigenvalue weighted by Gasteiger charge is 2.25. The molecule has 2 atom stereocenters. The molecule has 0 saturated heterocycles. The van der Waals surface area contributed by atoms with Gasteiger partial charge in [-0.15, -0.1) is 11.3 Å². The van der Waals surface area contributed by atoms with Crippen LogP contribution >= 0.6 is 11.3 Å². The Kier molecular flexibility index (Phi) is 5.49. The lowest BCUT2D eigenvalue weighted by molar-refractivity contribution is 0.0930. The van der Waals surface area contributed by atoms with Crippen LogP contribution in [0.5, 0.6) is 0 Å². The van der Waals surface area contributed by atoms with Crippen molar-refractivity contribution >= 4 is 22.8 Å². The van der Waals surface area contributed by atoms with E-state index in [1.807, 2.05) is 90.4 Å². The molecule has 0 radical (unpaired) electrons. The standard InChI is InChI=1S/C25H21N5OS/c26-22(17-9-3-1-4-10-17)23(18-11-5-2-6-12-18)29-24(31)25-28-20(16-32-25)19-15-27-30-14-8-7-13-21(19)30/h1-16,22-23H,26H2,(H,29,31)/t22-,23-/m1/s1. The largest absolute Gasteiger partial charge is 0.341 e. The van der Waals surface area contributed by atoms with Crippen LogP contribution in [-0.2, 0) is 0 Å². The SMILES string of the molecule is N[C@H](c1ccccc1)[C@H](NC(=O)c1nc(-c2cnn3ccccc23)cs1)c1ccccc1. The van der Waals surface area contributed by atoms with Crippen LogP contribution in [0, 0.1) is 0 Å². The molecule has 3 N–H and O–H groups in total. The number of carbonyl (C=O) groups is 1. The molecule has 0 saturated carbocycles. The van der Waals surface area contributed by atoms with Gasteiger partial charge in [0, 0.05) is 17.1 Å². The lowest BCUT2D eigenvalue weighted by Crippen LogP contribution is -2.36. The number of pyridine rings is 1. The molecule has 5 rings (SSSR count). The maximum atomic E-state index is 13.2. The van der Waals surface area contributed by atoms with E-state index in [2.05, 4.69) is 15.4 Å². The van der Waals surface area contributed by atoms with Crippen molar-refractivity contribution in [2.24, 2.45) is 5.73 Å². The minimum absolute atomic E-state index is 0.252. The van der Waals surface area contributed by atoms with Crippen molar-refractivity contribution < 1.29 is 4.79 Å². The van der Waals surface area contributed by atoms with Gasteiger partial charge in [-0.05, 0) is 23.3 Å². The predicted molar refractivity (Wildman–Crippen MR) is 126 cm³/mol. The van der Waals surface area contributed by atoms with Crippen LogP contribution in [0.15, 0.2) is 96.6 Å². The summed E-state index contributed by atoms with van der Waals surface area (Å²) in [5.74, 6) is -0.252. The molecule has 0 aliphatic rings. The summed E-state index contributed by atoms with van der Waals surface area (Å²) in [7, 11) is 0. The highest BCUT2D eigenvalue weighted by molar-refractivity contribution is 7.12. The third kappa shape index (κ3) is 3.91. The van der Waals surface area contributed by atoms with Crippen molar-refractivity contribution in [2.75, 3.05) is 0 Å². The zero-order valence-electron chi connectivity index (χ0n) is 17.1. The molecule has 0 aliphatic carbocycles. The summed E-state index contributed by atoms with van der Waals surface area (Å²) >= 11 is 1.31. The topological polar surface area (TPSA) is 85.3 Å². The molecule has 32 heavy (non-hydrogen) atoms. The zero-order valence-corrected chi connectivity index (χ0v) is 17.9. The van der Waals surface area contributed by atoms with Crippen molar-refractivity contribution in [1.29, 1.82) is 0 Å². The molecule has 0 bridgehead atoms. The number of hydrogen-bond donors (Lipinski definition) is 2. The molecule has 1 amide bonds. The molecule has 0 fully saturated rings. The number of nitrogens with two attached hydrogens (primary N) is 1. The van der Waals surface area contributed by atoms with Gasteiger partial charge in [0.1, 0.15) is 0 Å². The van der Waals surface area contributed by atoms with Gasteiger partial charge in [0.05, 0.1) is 29.5 Å². The first-order valence-electron chi connectivity index (χ1n) is 10.3. The smallest absolute Gasteiger partial charge is 0.280 e. The van der Waals surface area contributed by atoms with E-state index in [-0.39, 0.29) is 5.91 Å². The third-order valence-corrected chi connectivity index (χ3v) is 6.23. The van der Waals surface area contributed by atoms with E-state index in [1.165, 1.54) is 11.3 Å². The van der Waals surface area contributed by atoms with E-state index in [1.54, 1.807) is 10.7 Å². The average molecular weight is 440 g/mol. The molecule has 7 heteroatoms. The first kappa shape index (κ1) is 20.1. The lowest BCUT2D eigenvalue weighted by Gasteiger charge is -2.25. The van der Waals surface area contributed by atoms with Crippen LogP contribution in [0.4, 0.5) is 0 Å². The fourth-order valence-electron chi connectivity index (χ4n) is 3.75. The van der Waals surface area contributed by atoms with Crippen LogP contribution < -0.4 is 11.1 Å². The zero-order chi connectivity index (χ0) is 21.9. The summed E-state index contributed by atoms with van der Waals surface area (Å²) in [6.07, 6.45) is 3.65. The van der Waals surface area contributed by atoms with Crippen LogP contribution in [-0.4, -0.2) is 20.5 Å². The molecular formula is C25H21N5OS. The Hall–Kier alpha value is -3.81. The van der Waals surface area contributed by atoms with Gasteiger partial charge in [0.15, 0.2) is 5.01 Å². The molecule has 2 aromatic carbocycles. The Morgan fingerprint density at radius 3 is 2.38 bits per heavy atom. The van der Waals surface area contributed by atoms with Crippen LogP contribution in [0.1, 0.15) is 33.0 Å². The Balaban J connectivity index is 1.43. The Labute approximate surface area is 189 Å². The number of rotatable bonds is 6. The molecule has 0 spiro atoms. The second kappa shape index (κ2) is 8.74. The summed E-state index contributed by atoms with van der Waals surface area (Å²) in [4.78, 5) is 17.8. The van der Waals surface area contributed by atoms with Crippen LogP contribution in [0.2, 0.25) is 0 Å². The van der Waals surface area contributed by atoms with Gasteiger partial charge >= 0.3 is 0 Å². The quantitative estimate of drug-likeness (QED) is 0.404. The Morgan fingerprint density at radius 2 is 1.62 bits per heavy atom. The molecule has 3 heterocycles. The molecule has 5 aromatic rings. The molecule has 3 aromatic heterocycles. The molecule has 0 aliphatic heterocycles. The maximum Gasteiger partial charge on any atom is 0.280 e. The van der Waals surface area contributed by atoms with E-state index in [4.69, 9.17) is 5.73 Å². The van der Waals surface area contributed by atoms with E-state index in [0.29, 0.717) is 5.01 Å². The van der Waals surface area contributed by atoms with Crippen LogP contribution in [0.25, 0.3) is 16.8 Å². The second-order valence-electron chi connectivity index (χ2n) is 7.42. The number of carbonyl (C=O) groups excluding carboxylic acids is 1. The van der Waals surface area contributed by atoms with Gasteiger partial charge in [-0.2, -0.15) is 5.10 Å². The van der Waals surface area contributed by atoms with E-state index >= 15 is 0 Å². The minimum Gasteiger partial charge on any atom is -0.341 e. The fourth-order valence-corrected chi connectivity index (χ4v) is 4.47. The summed E-state index contributed by atoms with van der Waals surface area (Å²) in [5.41, 5.74) is 11.1. The van der Waals surface area contributed by atoms with Crippen molar-refractivity contribution in [3.8, 4) is 11.3 Å². The van der Waals surface area contributed by atoms with Gasteiger partial charge in [0.25, 0.3) is 5.91 Å². The van der Waals surface area contributed by atoms with Gasteiger partial charge in [0.2, 0.25) is 0 Å². The highest BCUT2D eigenvalue weighted by atomic mass is 32.1. The number of aromatic nitrogens is 3. The summed E-state index contributed by atoms with van der Waals surface area (Å²) in [5, 5.41) is 9.73. The predicted octanol–water partition coefficient (Wildman–Crippen LogP) is 4.63. The van der Waals surface area contributed by atoms with Gasteiger partial charge < -0.3 is 11.1 Å². The first-order chi connectivity index (χ1) is 15.7. The van der Waals surface area contributed by atoms with E-state index in [9.17, 15) is 4.79 Å². The van der Waals surface area contributed by atoms with Crippen LogP contribution in [0.3, 0.4) is 0 Å². The highest BCUT2D eigenvalue weighted by Crippen LogP contribution is 2.29. The summed E-state index contributed by atoms with van der Waals surface area (Å²) < 4.78 is 1.79. The number of hydrogen-bond acceptors (Lipinski definition) is 5. The molecule has 0 unspecified atom stereocenters. The first-order valence-corrected chi connectivity index (χ1v) is 11.1. The minimum atomic E-state index is -0.401. The van der Waals surface area contributed by atoms with Crippen molar-refractivity contribution in [1.82, 2.24) is 19.9 Å². The molecule has 6 nitrogen and oxygen atoms in total. The Bertz CT molecular complexity index is 1350. The van der Waals surface area contributed by atoms with Gasteiger partial charge in [-0.25, -0.2) is 9.50 Å². The average Bonchev–Trinajstić information content (AvgIpc) is 3.50. The fraction of sp³-hybridized carbons (Fsp3) is 0.0800. The molecule has 158 valence electrons. The number of fused-ring (bicyclic) bond motifs is 1.